The number of carbonyl (C=O) groups excluding carboxylic acids is 1. The van der Waals surface area contributed by atoms with Crippen molar-refractivity contribution in [1.29, 1.82) is 0 Å². The molecule has 0 unspecified atom stereocenters. The molecule has 4 heteroatoms. The van der Waals surface area contributed by atoms with Crippen LogP contribution in [0.15, 0.2) is 54.7 Å². The predicted octanol–water partition coefficient (Wildman–Crippen LogP) is 4.44. The lowest BCUT2D eigenvalue weighted by molar-refractivity contribution is -0.118. The van der Waals surface area contributed by atoms with E-state index in [2.05, 4.69) is 39.5 Å². The van der Waals surface area contributed by atoms with Gasteiger partial charge in [0.05, 0.1) is 5.41 Å². The van der Waals surface area contributed by atoms with E-state index < -0.39 is 0 Å². The highest BCUT2D eigenvalue weighted by Crippen LogP contribution is 2.51. The number of aromatic nitrogens is 1. The van der Waals surface area contributed by atoms with Crippen molar-refractivity contribution >= 4 is 28.2 Å². The maximum Gasteiger partial charge on any atom is 0.235 e. The Morgan fingerprint density at radius 2 is 1.73 bits per heavy atom. The number of hydrogen-bond donors (Lipinski definition) is 2. The lowest BCUT2D eigenvalue weighted by Crippen LogP contribution is -2.27. The van der Waals surface area contributed by atoms with Gasteiger partial charge in [-0.25, -0.2) is 0 Å². The van der Waals surface area contributed by atoms with E-state index in [0.29, 0.717) is 0 Å². The molecular formula is C22H23N3O. The van der Waals surface area contributed by atoms with Crippen LogP contribution in [0.2, 0.25) is 0 Å². The van der Waals surface area contributed by atoms with Crippen LogP contribution < -0.4 is 10.2 Å². The number of aromatic amines is 1. The Kier molecular flexibility index (Phi) is 3.52. The van der Waals surface area contributed by atoms with E-state index in [1.165, 1.54) is 18.5 Å². The van der Waals surface area contributed by atoms with Gasteiger partial charge in [-0.05, 0) is 61.6 Å². The van der Waals surface area contributed by atoms with Crippen LogP contribution in [0.4, 0.5) is 11.4 Å². The summed E-state index contributed by atoms with van der Waals surface area (Å²) in [7, 11) is 0. The van der Waals surface area contributed by atoms with Gasteiger partial charge in [0.2, 0.25) is 5.91 Å². The molecule has 26 heavy (non-hydrogen) atoms. The standard InChI is InChI=1S/C22H23N3O/c26-21(24-16-7-9-17(10-8-16)25-13-3-4-14-25)22(11-12-22)19-15-23-20-6-2-1-5-18(19)20/h1-2,5-10,15,23H,3-4,11-14H2,(H,24,26). The van der Waals surface area contributed by atoms with Crippen LogP contribution in [-0.2, 0) is 10.2 Å². The fraction of sp³-hybridized carbons (Fsp3) is 0.318. The van der Waals surface area contributed by atoms with Crippen molar-refractivity contribution in [1.82, 2.24) is 4.98 Å². The maximum absolute atomic E-state index is 13.0. The topological polar surface area (TPSA) is 48.1 Å². The number of fused-ring (bicyclic) bond motifs is 1. The van der Waals surface area contributed by atoms with E-state index in [9.17, 15) is 4.79 Å². The van der Waals surface area contributed by atoms with Gasteiger partial charge in [-0.3, -0.25) is 4.79 Å². The fourth-order valence-corrected chi connectivity index (χ4v) is 4.19. The van der Waals surface area contributed by atoms with E-state index in [4.69, 9.17) is 0 Å². The van der Waals surface area contributed by atoms with Gasteiger partial charge < -0.3 is 15.2 Å². The van der Waals surface area contributed by atoms with Crippen LogP contribution in [0.1, 0.15) is 31.2 Å². The van der Waals surface area contributed by atoms with Crippen LogP contribution in [-0.4, -0.2) is 24.0 Å². The molecule has 1 saturated carbocycles. The molecule has 2 aromatic carbocycles. The average molecular weight is 345 g/mol. The number of nitrogens with zero attached hydrogens (tertiary/aromatic N) is 1. The van der Waals surface area contributed by atoms with E-state index in [0.717, 1.165) is 48.1 Å². The zero-order valence-corrected chi connectivity index (χ0v) is 14.8. The summed E-state index contributed by atoms with van der Waals surface area (Å²) in [6, 6.07) is 16.5. The second-order valence-corrected chi connectivity index (χ2v) is 7.53. The highest BCUT2D eigenvalue weighted by molar-refractivity contribution is 6.04. The SMILES string of the molecule is O=C(Nc1ccc(N2CCCC2)cc1)C1(c2c[nH]c3ccccc23)CC1. The number of carbonyl (C=O) groups is 1. The first-order valence-corrected chi connectivity index (χ1v) is 9.49. The Hall–Kier alpha value is -2.75. The zero-order valence-electron chi connectivity index (χ0n) is 14.8. The van der Waals surface area contributed by atoms with Crippen LogP contribution in [0.3, 0.4) is 0 Å². The van der Waals surface area contributed by atoms with Crippen molar-refractivity contribution in [2.45, 2.75) is 31.1 Å². The number of amides is 1. The summed E-state index contributed by atoms with van der Waals surface area (Å²) >= 11 is 0. The van der Waals surface area contributed by atoms with Crippen molar-refractivity contribution in [3.63, 3.8) is 0 Å². The predicted molar refractivity (Wildman–Crippen MR) is 106 cm³/mol. The molecule has 0 spiro atoms. The van der Waals surface area contributed by atoms with E-state index in [1.807, 2.05) is 30.5 Å². The molecule has 1 aliphatic carbocycles. The number of rotatable bonds is 4. The Balaban J connectivity index is 1.36. The molecule has 1 amide bonds. The van der Waals surface area contributed by atoms with Gasteiger partial charge in [0.15, 0.2) is 0 Å². The summed E-state index contributed by atoms with van der Waals surface area (Å²) in [5.41, 5.74) is 3.96. The monoisotopic (exact) mass is 345 g/mol. The highest BCUT2D eigenvalue weighted by Gasteiger charge is 2.52. The molecule has 2 heterocycles. The van der Waals surface area contributed by atoms with Crippen molar-refractivity contribution in [3.8, 4) is 0 Å². The number of para-hydroxylation sites is 1. The van der Waals surface area contributed by atoms with Gasteiger partial charge in [-0.15, -0.1) is 0 Å². The molecule has 2 fully saturated rings. The number of anilines is 2. The minimum atomic E-state index is -0.382. The van der Waals surface area contributed by atoms with Gasteiger partial charge in [-0.2, -0.15) is 0 Å². The second kappa shape index (κ2) is 5.90. The lowest BCUT2D eigenvalue weighted by atomic mass is 9.94. The first kappa shape index (κ1) is 15.5. The quantitative estimate of drug-likeness (QED) is 0.734. The minimum absolute atomic E-state index is 0.108. The average Bonchev–Trinajstić information content (AvgIpc) is 3.11. The molecule has 2 N–H and O–H groups in total. The number of H-pyrrole nitrogens is 1. The van der Waals surface area contributed by atoms with Crippen molar-refractivity contribution in [3.05, 3.63) is 60.3 Å². The fourth-order valence-electron chi connectivity index (χ4n) is 4.19. The molecule has 0 bridgehead atoms. The molecule has 2 aliphatic rings. The third-order valence-electron chi connectivity index (χ3n) is 5.89. The Labute approximate surface area is 153 Å². The molecule has 5 rings (SSSR count). The summed E-state index contributed by atoms with van der Waals surface area (Å²) < 4.78 is 0. The van der Waals surface area contributed by atoms with Crippen LogP contribution in [0.25, 0.3) is 10.9 Å². The summed E-state index contributed by atoms with van der Waals surface area (Å²) in [6.45, 7) is 2.27. The third kappa shape index (κ3) is 2.48. The van der Waals surface area contributed by atoms with E-state index in [1.54, 1.807) is 0 Å². The highest BCUT2D eigenvalue weighted by atomic mass is 16.2. The summed E-state index contributed by atoms with van der Waals surface area (Å²) in [5, 5.41) is 4.30. The van der Waals surface area contributed by atoms with Gasteiger partial charge in [0.1, 0.15) is 0 Å². The molecular weight excluding hydrogens is 322 g/mol. The van der Waals surface area contributed by atoms with Crippen molar-refractivity contribution < 1.29 is 4.79 Å². The Morgan fingerprint density at radius 3 is 2.46 bits per heavy atom. The van der Waals surface area contributed by atoms with Crippen LogP contribution >= 0.6 is 0 Å². The van der Waals surface area contributed by atoms with Crippen LogP contribution in [0, 0.1) is 0 Å². The first-order chi connectivity index (χ1) is 12.8. The summed E-state index contributed by atoms with van der Waals surface area (Å²) in [6.07, 6.45) is 6.37. The molecule has 1 saturated heterocycles. The van der Waals surface area contributed by atoms with Crippen molar-refractivity contribution in [2.75, 3.05) is 23.3 Å². The minimum Gasteiger partial charge on any atom is -0.372 e. The van der Waals surface area contributed by atoms with E-state index >= 15 is 0 Å². The van der Waals surface area contributed by atoms with Gasteiger partial charge in [-0.1, -0.05) is 18.2 Å². The number of nitrogens with one attached hydrogen (secondary N) is 2. The smallest absolute Gasteiger partial charge is 0.235 e. The van der Waals surface area contributed by atoms with Crippen molar-refractivity contribution in [2.24, 2.45) is 0 Å². The normalized spacial score (nSPS) is 18.2. The Bertz CT molecular complexity index is 947. The maximum atomic E-state index is 13.0. The molecule has 1 aliphatic heterocycles. The van der Waals surface area contributed by atoms with Gasteiger partial charge >= 0.3 is 0 Å². The molecule has 1 aromatic heterocycles. The zero-order chi connectivity index (χ0) is 17.6. The largest absolute Gasteiger partial charge is 0.372 e. The van der Waals surface area contributed by atoms with E-state index in [-0.39, 0.29) is 11.3 Å². The summed E-state index contributed by atoms with van der Waals surface area (Å²) in [5.74, 6) is 0.108. The lowest BCUT2D eigenvalue weighted by Gasteiger charge is -2.19. The summed E-state index contributed by atoms with van der Waals surface area (Å²) in [4.78, 5) is 18.8. The molecule has 3 aromatic rings. The number of hydrogen-bond acceptors (Lipinski definition) is 2. The van der Waals surface area contributed by atoms with Crippen LogP contribution in [0.5, 0.6) is 0 Å². The second-order valence-electron chi connectivity index (χ2n) is 7.53. The third-order valence-corrected chi connectivity index (χ3v) is 5.89. The molecule has 4 nitrogen and oxygen atoms in total. The number of benzene rings is 2. The first-order valence-electron chi connectivity index (χ1n) is 9.49. The molecule has 0 atom stereocenters. The molecule has 132 valence electrons. The van der Waals surface area contributed by atoms with Gasteiger partial charge in [0.25, 0.3) is 0 Å². The Morgan fingerprint density at radius 1 is 1.00 bits per heavy atom. The van der Waals surface area contributed by atoms with Gasteiger partial charge in [0, 0.05) is 41.6 Å². The molecule has 0 radical (unpaired) electrons.